The van der Waals surface area contributed by atoms with Gasteiger partial charge in [-0.2, -0.15) is 0 Å². The minimum Gasteiger partial charge on any atom is -0.299 e. The molecule has 1 aliphatic heterocycles. The molecule has 2 atom stereocenters. The van der Waals surface area contributed by atoms with Crippen molar-refractivity contribution in [1.29, 1.82) is 0 Å². The van der Waals surface area contributed by atoms with E-state index < -0.39 is 0 Å². The molecule has 3 rings (SSSR count). The summed E-state index contributed by atoms with van der Waals surface area (Å²) >= 11 is 0. The summed E-state index contributed by atoms with van der Waals surface area (Å²) in [6.45, 7) is 6.11. The van der Waals surface area contributed by atoms with Crippen molar-refractivity contribution in [2.75, 3.05) is 13.1 Å². The van der Waals surface area contributed by atoms with Crippen molar-refractivity contribution in [2.45, 2.75) is 32.7 Å². The zero-order valence-corrected chi connectivity index (χ0v) is 12.7. The number of Topliss-reactive ketones (excluding diaryl/α,β-unsaturated/α-hetero) is 1. The molecular formula is C18H22N2O. The lowest BCUT2D eigenvalue weighted by Gasteiger charge is -2.37. The van der Waals surface area contributed by atoms with Crippen LogP contribution in [-0.4, -0.2) is 34.8 Å². The Morgan fingerprint density at radius 1 is 1.24 bits per heavy atom. The van der Waals surface area contributed by atoms with Crippen molar-refractivity contribution in [3.63, 3.8) is 0 Å². The largest absolute Gasteiger partial charge is 0.299 e. The number of nitrogens with zero attached hydrogens (tertiary/aromatic N) is 2. The van der Waals surface area contributed by atoms with E-state index in [1.807, 2.05) is 12.3 Å². The van der Waals surface area contributed by atoms with Gasteiger partial charge < -0.3 is 0 Å². The molecular weight excluding hydrogens is 260 g/mol. The summed E-state index contributed by atoms with van der Waals surface area (Å²) in [5.74, 6) is 0.565. The maximum absolute atomic E-state index is 11.8. The van der Waals surface area contributed by atoms with Gasteiger partial charge in [-0.3, -0.25) is 14.7 Å². The second kappa shape index (κ2) is 5.94. The van der Waals surface area contributed by atoms with Crippen LogP contribution < -0.4 is 0 Å². The Morgan fingerprint density at radius 3 is 2.90 bits per heavy atom. The number of carbonyl (C=O) groups is 1. The molecule has 0 amide bonds. The number of rotatable bonds is 3. The van der Waals surface area contributed by atoms with Gasteiger partial charge >= 0.3 is 0 Å². The third kappa shape index (κ3) is 2.84. The molecule has 21 heavy (non-hydrogen) atoms. The lowest BCUT2D eigenvalue weighted by Crippen LogP contribution is -2.47. The van der Waals surface area contributed by atoms with E-state index >= 15 is 0 Å². The van der Waals surface area contributed by atoms with Crippen molar-refractivity contribution in [1.82, 2.24) is 9.88 Å². The van der Waals surface area contributed by atoms with E-state index in [-0.39, 0.29) is 5.92 Å². The molecule has 1 aromatic heterocycles. The number of piperidine rings is 1. The lowest BCUT2D eigenvalue weighted by molar-refractivity contribution is -0.127. The quantitative estimate of drug-likeness (QED) is 0.867. The van der Waals surface area contributed by atoms with Gasteiger partial charge in [0.15, 0.2) is 0 Å². The average molecular weight is 282 g/mol. The van der Waals surface area contributed by atoms with E-state index in [1.165, 1.54) is 10.9 Å². The lowest BCUT2D eigenvalue weighted by atomic mass is 9.90. The van der Waals surface area contributed by atoms with Gasteiger partial charge in [0.05, 0.1) is 5.52 Å². The minimum absolute atomic E-state index is 0.157. The molecule has 0 aliphatic carbocycles. The van der Waals surface area contributed by atoms with Gasteiger partial charge in [0.1, 0.15) is 5.78 Å². The smallest absolute Gasteiger partial charge is 0.138 e. The Balaban J connectivity index is 1.73. The van der Waals surface area contributed by atoms with Crippen LogP contribution in [-0.2, 0) is 11.2 Å². The van der Waals surface area contributed by atoms with Gasteiger partial charge in [-0.1, -0.05) is 31.2 Å². The number of aromatic nitrogens is 1. The summed E-state index contributed by atoms with van der Waals surface area (Å²) in [6.07, 6.45) is 3.54. The molecule has 1 aromatic carbocycles. The molecule has 0 N–H and O–H groups in total. The summed E-state index contributed by atoms with van der Waals surface area (Å²) in [5, 5.41) is 1.20. The predicted molar refractivity (Wildman–Crippen MR) is 85.3 cm³/mol. The van der Waals surface area contributed by atoms with Crippen LogP contribution in [0.4, 0.5) is 0 Å². The molecule has 3 nitrogen and oxygen atoms in total. The first-order valence-corrected chi connectivity index (χ1v) is 7.76. The maximum atomic E-state index is 11.8. The third-order valence-corrected chi connectivity index (χ3v) is 4.84. The van der Waals surface area contributed by atoms with Crippen molar-refractivity contribution >= 4 is 16.7 Å². The standard InChI is InChI=1S/C18H22N2O/c1-13-14(2)20(12-9-17(13)21)11-8-16-6-3-5-15-7-4-10-19-18(15)16/h3-7,10,13-14H,8-9,11-12H2,1-2H3. The third-order valence-electron chi connectivity index (χ3n) is 4.84. The number of fused-ring (bicyclic) bond motifs is 1. The molecule has 0 bridgehead atoms. The van der Waals surface area contributed by atoms with Crippen LogP contribution in [0.3, 0.4) is 0 Å². The molecule has 1 aliphatic rings. The topological polar surface area (TPSA) is 33.2 Å². The summed E-state index contributed by atoms with van der Waals surface area (Å²) in [6, 6.07) is 10.8. The first-order chi connectivity index (χ1) is 10.2. The Kier molecular flexibility index (Phi) is 4.02. The second-order valence-electron chi connectivity index (χ2n) is 6.02. The molecule has 110 valence electrons. The number of benzene rings is 1. The highest BCUT2D eigenvalue weighted by Crippen LogP contribution is 2.22. The number of likely N-dealkylation sites (tertiary alicyclic amines) is 1. The SMILES string of the molecule is CC1C(=O)CCN(CCc2cccc3cccnc23)C1C. The first kappa shape index (κ1) is 14.2. The van der Waals surface area contributed by atoms with Crippen LogP contribution in [0, 0.1) is 5.92 Å². The Bertz CT molecular complexity index is 647. The average Bonchev–Trinajstić information content (AvgIpc) is 2.52. The normalized spacial score (nSPS) is 23.6. The fourth-order valence-corrected chi connectivity index (χ4v) is 3.22. The molecule has 3 heteroatoms. The summed E-state index contributed by atoms with van der Waals surface area (Å²) in [4.78, 5) is 18.7. The minimum atomic E-state index is 0.157. The fourth-order valence-electron chi connectivity index (χ4n) is 3.22. The van der Waals surface area contributed by atoms with E-state index in [4.69, 9.17) is 0 Å². The highest BCUT2D eigenvalue weighted by Gasteiger charge is 2.30. The molecule has 1 fully saturated rings. The molecule has 2 aromatic rings. The molecule has 2 heterocycles. The van der Waals surface area contributed by atoms with Gasteiger partial charge in [0, 0.05) is 43.1 Å². The van der Waals surface area contributed by atoms with E-state index in [0.717, 1.165) is 25.0 Å². The van der Waals surface area contributed by atoms with Gasteiger partial charge in [0.2, 0.25) is 0 Å². The summed E-state index contributed by atoms with van der Waals surface area (Å²) in [7, 11) is 0. The van der Waals surface area contributed by atoms with Crippen LogP contribution in [0.5, 0.6) is 0 Å². The van der Waals surface area contributed by atoms with Crippen LogP contribution in [0.15, 0.2) is 36.5 Å². The van der Waals surface area contributed by atoms with Gasteiger partial charge in [-0.25, -0.2) is 0 Å². The zero-order valence-electron chi connectivity index (χ0n) is 12.7. The number of hydrogen-bond donors (Lipinski definition) is 0. The summed E-state index contributed by atoms with van der Waals surface area (Å²) in [5.41, 5.74) is 2.40. The molecule has 0 spiro atoms. The molecule has 2 unspecified atom stereocenters. The van der Waals surface area contributed by atoms with E-state index in [2.05, 4.69) is 48.0 Å². The van der Waals surface area contributed by atoms with E-state index in [0.29, 0.717) is 18.2 Å². The van der Waals surface area contributed by atoms with Crippen molar-refractivity contribution in [3.05, 3.63) is 42.1 Å². The number of hydrogen-bond acceptors (Lipinski definition) is 3. The van der Waals surface area contributed by atoms with Gasteiger partial charge in [0.25, 0.3) is 0 Å². The van der Waals surface area contributed by atoms with E-state index in [1.54, 1.807) is 0 Å². The Hall–Kier alpha value is -1.74. The molecule has 1 saturated heterocycles. The van der Waals surface area contributed by atoms with Crippen LogP contribution in [0.2, 0.25) is 0 Å². The highest BCUT2D eigenvalue weighted by molar-refractivity contribution is 5.82. The monoisotopic (exact) mass is 282 g/mol. The van der Waals surface area contributed by atoms with Crippen molar-refractivity contribution in [2.24, 2.45) is 5.92 Å². The maximum Gasteiger partial charge on any atom is 0.138 e. The van der Waals surface area contributed by atoms with Crippen LogP contribution >= 0.6 is 0 Å². The van der Waals surface area contributed by atoms with Gasteiger partial charge in [-0.15, -0.1) is 0 Å². The Labute approximate surface area is 126 Å². The predicted octanol–water partition coefficient (Wildman–Crippen LogP) is 3.08. The molecule has 0 radical (unpaired) electrons. The number of para-hydroxylation sites is 1. The summed E-state index contributed by atoms with van der Waals surface area (Å²) < 4.78 is 0. The number of ketones is 1. The zero-order chi connectivity index (χ0) is 14.8. The Morgan fingerprint density at radius 2 is 2.05 bits per heavy atom. The van der Waals surface area contributed by atoms with Gasteiger partial charge in [-0.05, 0) is 25.0 Å². The second-order valence-corrected chi connectivity index (χ2v) is 6.02. The fraction of sp³-hybridized carbons (Fsp3) is 0.444. The van der Waals surface area contributed by atoms with E-state index in [9.17, 15) is 4.79 Å². The first-order valence-electron chi connectivity index (χ1n) is 7.76. The van der Waals surface area contributed by atoms with Crippen LogP contribution in [0.1, 0.15) is 25.8 Å². The number of pyridine rings is 1. The highest BCUT2D eigenvalue weighted by atomic mass is 16.1. The van der Waals surface area contributed by atoms with Crippen LogP contribution in [0.25, 0.3) is 10.9 Å². The van der Waals surface area contributed by atoms with Crippen molar-refractivity contribution < 1.29 is 4.79 Å². The molecule has 0 saturated carbocycles. The van der Waals surface area contributed by atoms with Crippen molar-refractivity contribution in [3.8, 4) is 0 Å². The number of carbonyl (C=O) groups excluding carboxylic acids is 1.